The average Bonchev–Trinajstić information content (AvgIpc) is 2.91. The third kappa shape index (κ3) is 4.04. The van der Waals surface area contributed by atoms with Gasteiger partial charge in [0.15, 0.2) is 0 Å². The summed E-state index contributed by atoms with van der Waals surface area (Å²) in [6.07, 6.45) is 4.36. The maximum Gasteiger partial charge on any atom is 0.248 e. The van der Waals surface area contributed by atoms with E-state index in [-0.39, 0.29) is 10.8 Å². The summed E-state index contributed by atoms with van der Waals surface area (Å²) in [6, 6.07) is 7.67. The van der Waals surface area contributed by atoms with Crippen LogP contribution in [-0.2, 0) is 14.8 Å². The molecule has 0 aliphatic rings. The van der Waals surface area contributed by atoms with Crippen LogP contribution in [0.15, 0.2) is 52.0 Å². The smallest absolute Gasteiger partial charge is 0.248 e. The van der Waals surface area contributed by atoms with Crippen LogP contribution >= 0.6 is 0 Å². The third-order valence-corrected chi connectivity index (χ3v) is 3.64. The zero-order valence-electron chi connectivity index (χ0n) is 11.2. The van der Waals surface area contributed by atoms with E-state index in [2.05, 4.69) is 5.32 Å². The lowest BCUT2D eigenvalue weighted by atomic mass is 10.2. The van der Waals surface area contributed by atoms with E-state index in [1.54, 1.807) is 19.1 Å². The highest BCUT2D eigenvalue weighted by Crippen LogP contribution is 2.19. The summed E-state index contributed by atoms with van der Waals surface area (Å²) in [5, 5.41) is 7.69. The van der Waals surface area contributed by atoms with E-state index in [4.69, 9.17) is 9.56 Å². The number of nitrogens with one attached hydrogen (secondary N) is 1. The van der Waals surface area contributed by atoms with Gasteiger partial charge in [-0.3, -0.25) is 4.79 Å². The number of carbonyl (C=O) groups is 1. The Balaban J connectivity index is 2.11. The topological polar surface area (TPSA) is 102 Å². The Hall–Kier alpha value is -2.38. The molecule has 0 unspecified atom stereocenters. The first-order chi connectivity index (χ1) is 9.86. The van der Waals surface area contributed by atoms with E-state index in [1.165, 1.54) is 36.6 Å². The van der Waals surface area contributed by atoms with Crippen molar-refractivity contribution < 1.29 is 17.6 Å². The van der Waals surface area contributed by atoms with Crippen LogP contribution in [0.25, 0.3) is 6.08 Å². The second-order valence-corrected chi connectivity index (χ2v) is 5.92. The fraction of sp³-hybridized carbons (Fsp3) is 0.0714. The molecule has 2 rings (SSSR count). The molecular weight excluding hydrogens is 292 g/mol. The third-order valence-electron chi connectivity index (χ3n) is 2.73. The number of primary sulfonamides is 1. The lowest BCUT2D eigenvalue weighted by Gasteiger charge is -2.07. The Morgan fingerprint density at radius 2 is 2.10 bits per heavy atom. The number of rotatable bonds is 4. The van der Waals surface area contributed by atoms with Gasteiger partial charge in [0.2, 0.25) is 15.9 Å². The second-order valence-electron chi connectivity index (χ2n) is 4.36. The first kappa shape index (κ1) is 15.0. The summed E-state index contributed by atoms with van der Waals surface area (Å²) >= 11 is 0. The molecule has 0 atom stereocenters. The molecule has 0 aliphatic heterocycles. The van der Waals surface area contributed by atoms with Gasteiger partial charge >= 0.3 is 0 Å². The van der Waals surface area contributed by atoms with Crippen molar-refractivity contribution in [2.75, 3.05) is 5.32 Å². The van der Waals surface area contributed by atoms with Gasteiger partial charge in [-0.1, -0.05) is 0 Å². The standard InChI is InChI=1S/C14H14N2O4S/c1-10-9-12(21(15,18)19)5-6-13(10)16-14(17)7-4-11-3-2-8-20-11/h2-9H,1H3,(H,16,17)(H2,15,18,19)/b7-4+. The molecule has 6 nitrogen and oxygen atoms in total. The predicted octanol–water partition coefficient (Wildman–Crippen LogP) is 1.89. The quantitative estimate of drug-likeness (QED) is 0.842. The number of sulfonamides is 1. The molecular formula is C14H14N2O4S. The van der Waals surface area contributed by atoms with E-state index in [0.717, 1.165) is 0 Å². The molecule has 110 valence electrons. The summed E-state index contributed by atoms with van der Waals surface area (Å²) in [5.41, 5.74) is 1.11. The first-order valence-corrected chi connectivity index (χ1v) is 7.57. The van der Waals surface area contributed by atoms with Crippen molar-refractivity contribution in [2.24, 2.45) is 5.14 Å². The zero-order valence-corrected chi connectivity index (χ0v) is 12.1. The largest absolute Gasteiger partial charge is 0.465 e. The number of furan rings is 1. The highest BCUT2D eigenvalue weighted by molar-refractivity contribution is 7.89. The molecule has 7 heteroatoms. The highest BCUT2D eigenvalue weighted by atomic mass is 32.2. The van der Waals surface area contributed by atoms with Crippen molar-refractivity contribution in [3.05, 3.63) is 54.0 Å². The maximum atomic E-state index is 11.8. The minimum atomic E-state index is -3.75. The molecule has 0 saturated heterocycles. The molecule has 1 aromatic carbocycles. The van der Waals surface area contributed by atoms with Gasteiger partial charge in [-0.15, -0.1) is 0 Å². The SMILES string of the molecule is Cc1cc(S(N)(=O)=O)ccc1NC(=O)/C=C/c1ccco1. The van der Waals surface area contributed by atoms with Crippen molar-refractivity contribution in [3.8, 4) is 0 Å². The summed E-state index contributed by atoms with van der Waals surface area (Å²) in [5.74, 6) is 0.212. The summed E-state index contributed by atoms with van der Waals surface area (Å²) in [6.45, 7) is 1.68. The van der Waals surface area contributed by atoms with Crippen molar-refractivity contribution in [1.29, 1.82) is 0 Å². The minimum absolute atomic E-state index is 0.00382. The van der Waals surface area contributed by atoms with Gasteiger partial charge in [0, 0.05) is 11.8 Å². The Morgan fingerprint density at radius 3 is 2.67 bits per heavy atom. The van der Waals surface area contributed by atoms with E-state index in [0.29, 0.717) is 17.0 Å². The van der Waals surface area contributed by atoms with Crippen LogP contribution in [0.5, 0.6) is 0 Å². The monoisotopic (exact) mass is 306 g/mol. The van der Waals surface area contributed by atoms with Crippen molar-refractivity contribution in [2.45, 2.75) is 11.8 Å². The van der Waals surface area contributed by atoms with E-state index < -0.39 is 10.0 Å². The fourth-order valence-electron chi connectivity index (χ4n) is 1.67. The van der Waals surface area contributed by atoms with Crippen LogP contribution in [0, 0.1) is 6.92 Å². The molecule has 0 fully saturated rings. The normalized spacial score (nSPS) is 11.7. The highest BCUT2D eigenvalue weighted by Gasteiger charge is 2.10. The second kappa shape index (κ2) is 5.94. The number of carbonyl (C=O) groups excluding carboxylic acids is 1. The van der Waals surface area contributed by atoms with Crippen LogP contribution < -0.4 is 10.5 Å². The van der Waals surface area contributed by atoms with Gasteiger partial charge in [-0.2, -0.15) is 0 Å². The minimum Gasteiger partial charge on any atom is -0.465 e. The maximum absolute atomic E-state index is 11.8. The summed E-state index contributed by atoms with van der Waals surface area (Å²) < 4.78 is 27.5. The molecule has 1 amide bonds. The van der Waals surface area contributed by atoms with Gasteiger partial charge in [0.25, 0.3) is 0 Å². The van der Waals surface area contributed by atoms with Crippen LogP contribution in [0.2, 0.25) is 0 Å². The van der Waals surface area contributed by atoms with Crippen LogP contribution in [0.4, 0.5) is 5.69 Å². The molecule has 2 aromatic rings. The van der Waals surface area contributed by atoms with Crippen molar-refractivity contribution in [1.82, 2.24) is 0 Å². The number of amides is 1. The molecule has 0 saturated carbocycles. The molecule has 0 radical (unpaired) electrons. The lowest BCUT2D eigenvalue weighted by molar-refractivity contribution is -0.111. The van der Waals surface area contributed by atoms with Gasteiger partial charge in [-0.25, -0.2) is 13.6 Å². The van der Waals surface area contributed by atoms with Crippen LogP contribution in [0.3, 0.4) is 0 Å². The van der Waals surface area contributed by atoms with E-state index >= 15 is 0 Å². The number of hydrogen-bond acceptors (Lipinski definition) is 4. The Kier molecular flexibility index (Phi) is 4.25. The molecule has 21 heavy (non-hydrogen) atoms. The fourth-order valence-corrected chi connectivity index (χ4v) is 2.27. The molecule has 1 heterocycles. The van der Waals surface area contributed by atoms with Gasteiger partial charge < -0.3 is 9.73 Å². The van der Waals surface area contributed by atoms with E-state index in [1.807, 2.05) is 0 Å². The molecule has 3 N–H and O–H groups in total. The van der Waals surface area contributed by atoms with Gasteiger partial charge in [-0.05, 0) is 48.9 Å². The van der Waals surface area contributed by atoms with Crippen LogP contribution in [0.1, 0.15) is 11.3 Å². The average molecular weight is 306 g/mol. The van der Waals surface area contributed by atoms with Crippen molar-refractivity contribution in [3.63, 3.8) is 0 Å². The number of benzene rings is 1. The Bertz CT molecular complexity index is 777. The zero-order chi connectivity index (χ0) is 15.5. The molecule has 1 aromatic heterocycles. The Labute approximate surface area is 122 Å². The number of anilines is 1. The number of aryl methyl sites for hydroxylation is 1. The molecule has 0 bridgehead atoms. The number of hydrogen-bond donors (Lipinski definition) is 2. The number of nitrogens with two attached hydrogens (primary N) is 1. The lowest BCUT2D eigenvalue weighted by Crippen LogP contribution is -2.13. The summed E-state index contributed by atoms with van der Waals surface area (Å²) in [4.78, 5) is 11.8. The molecule has 0 spiro atoms. The molecule has 0 aliphatic carbocycles. The Morgan fingerprint density at radius 1 is 1.33 bits per heavy atom. The van der Waals surface area contributed by atoms with Crippen molar-refractivity contribution >= 4 is 27.7 Å². The summed E-state index contributed by atoms with van der Waals surface area (Å²) in [7, 11) is -3.75. The van der Waals surface area contributed by atoms with Gasteiger partial charge in [0.1, 0.15) is 5.76 Å². The predicted molar refractivity (Wildman–Crippen MR) is 78.9 cm³/mol. The van der Waals surface area contributed by atoms with Gasteiger partial charge in [0.05, 0.1) is 11.2 Å². The van der Waals surface area contributed by atoms with Crippen LogP contribution in [-0.4, -0.2) is 14.3 Å². The first-order valence-electron chi connectivity index (χ1n) is 6.02. The van der Waals surface area contributed by atoms with E-state index in [9.17, 15) is 13.2 Å².